The van der Waals surface area contributed by atoms with E-state index in [2.05, 4.69) is 27.2 Å². The zero-order valence-electron chi connectivity index (χ0n) is 18.0. The molecular formula is C25H22BN5O. The summed E-state index contributed by atoms with van der Waals surface area (Å²) < 4.78 is 7.79. The lowest BCUT2D eigenvalue weighted by Gasteiger charge is -2.09. The largest absolute Gasteiger partial charge is 0.458 e. The quantitative estimate of drug-likeness (QED) is 0.213. The van der Waals surface area contributed by atoms with E-state index in [1.165, 1.54) is 0 Å². The van der Waals surface area contributed by atoms with E-state index >= 15 is 0 Å². The Morgan fingerprint density at radius 3 is 2.78 bits per heavy atom. The number of benzene rings is 2. The number of ether oxygens (including phenoxy) is 1. The summed E-state index contributed by atoms with van der Waals surface area (Å²) in [5.41, 5.74) is 4.77. The maximum absolute atomic E-state index is 5.88. The molecule has 7 heteroatoms. The van der Waals surface area contributed by atoms with Gasteiger partial charge in [0.1, 0.15) is 23.5 Å². The summed E-state index contributed by atoms with van der Waals surface area (Å²) in [7, 11) is 1.92. The van der Waals surface area contributed by atoms with Crippen LogP contribution in [0, 0.1) is 12.3 Å². The SMILES string of the molecule is BNc1ccccc1Cn1nc(-c2ccc(OC(/C=C\C#C)=C/C)cc2)c2cncnc21. The van der Waals surface area contributed by atoms with Crippen LogP contribution in [0.15, 0.2) is 85.0 Å². The molecule has 0 aliphatic carbocycles. The Balaban J connectivity index is 1.67. The smallest absolute Gasteiger partial charge is 0.213 e. The number of rotatable bonds is 7. The molecule has 0 amide bonds. The minimum atomic E-state index is 0.595. The van der Waals surface area contributed by atoms with E-state index < -0.39 is 0 Å². The summed E-state index contributed by atoms with van der Waals surface area (Å²) in [6, 6.07) is 15.9. The number of allylic oxidation sites excluding steroid dienone is 3. The lowest BCUT2D eigenvalue weighted by Crippen LogP contribution is -2.06. The molecule has 2 aromatic heterocycles. The summed E-state index contributed by atoms with van der Waals surface area (Å²) >= 11 is 0. The van der Waals surface area contributed by atoms with E-state index in [9.17, 15) is 0 Å². The summed E-state index contributed by atoms with van der Waals surface area (Å²) in [6.45, 7) is 2.49. The molecule has 156 valence electrons. The van der Waals surface area contributed by atoms with Gasteiger partial charge in [0.05, 0.1) is 11.9 Å². The topological polar surface area (TPSA) is 64.9 Å². The fraction of sp³-hybridized carbons (Fsp3) is 0.0800. The van der Waals surface area contributed by atoms with Crippen LogP contribution < -0.4 is 9.96 Å². The Kier molecular flexibility index (Phi) is 6.33. The van der Waals surface area contributed by atoms with Crippen LogP contribution in [-0.2, 0) is 6.54 Å². The van der Waals surface area contributed by atoms with Crippen molar-refractivity contribution in [3.8, 4) is 29.4 Å². The van der Waals surface area contributed by atoms with Crippen molar-refractivity contribution in [2.75, 3.05) is 5.23 Å². The molecule has 4 rings (SSSR count). The van der Waals surface area contributed by atoms with Gasteiger partial charge in [-0.05, 0) is 61.0 Å². The van der Waals surface area contributed by atoms with Gasteiger partial charge < -0.3 is 9.96 Å². The van der Waals surface area contributed by atoms with Gasteiger partial charge in [-0.15, -0.1) is 6.42 Å². The van der Waals surface area contributed by atoms with Crippen LogP contribution in [0.2, 0.25) is 0 Å². The maximum atomic E-state index is 5.88. The fourth-order valence-electron chi connectivity index (χ4n) is 3.44. The highest BCUT2D eigenvalue weighted by Gasteiger charge is 2.15. The summed E-state index contributed by atoms with van der Waals surface area (Å²) in [5.74, 6) is 3.86. The molecule has 0 saturated carbocycles. The third-order valence-electron chi connectivity index (χ3n) is 5.01. The second kappa shape index (κ2) is 9.67. The Morgan fingerprint density at radius 2 is 2.03 bits per heavy atom. The molecule has 32 heavy (non-hydrogen) atoms. The predicted molar refractivity (Wildman–Crippen MR) is 131 cm³/mol. The second-order valence-corrected chi connectivity index (χ2v) is 6.99. The first kappa shape index (κ1) is 20.9. The van der Waals surface area contributed by atoms with Crippen LogP contribution in [0.5, 0.6) is 5.75 Å². The van der Waals surface area contributed by atoms with Crippen molar-refractivity contribution < 1.29 is 4.74 Å². The first-order valence-corrected chi connectivity index (χ1v) is 10.2. The molecule has 0 radical (unpaired) electrons. The van der Waals surface area contributed by atoms with Crippen LogP contribution in [0.25, 0.3) is 22.3 Å². The minimum absolute atomic E-state index is 0.595. The van der Waals surface area contributed by atoms with Crippen LogP contribution in [-0.4, -0.2) is 27.7 Å². The van der Waals surface area contributed by atoms with Gasteiger partial charge in [0, 0.05) is 17.4 Å². The number of fused-ring (bicyclic) bond motifs is 1. The molecule has 0 aliphatic heterocycles. The minimum Gasteiger partial charge on any atom is -0.458 e. The molecule has 4 aromatic rings. The van der Waals surface area contributed by atoms with Crippen molar-refractivity contribution in [2.24, 2.45) is 0 Å². The van der Waals surface area contributed by atoms with Gasteiger partial charge >= 0.3 is 0 Å². The molecule has 0 bridgehead atoms. The van der Waals surface area contributed by atoms with Crippen LogP contribution in [0.4, 0.5) is 5.69 Å². The summed E-state index contributed by atoms with van der Waals surface area (Å²) in [5, 5.41) is 9.01. The van der Waals surface area contributed by atoms with Gasteiger partial charge in [0.25, 0.3) is 0 Å². The molecule has 2 heterocycles. The van der Waals surface area contributed by atoms with Gasteiger partial charge in [0.2, 0.25) is 7.98 Å². The first-order valence-electron chi connectivity index (χ1n) is 10.2. The van der Waals surface area contributed by atoms with Crippen LogP contribution in [0.1, 0.15) is 12.5 Å². The third kappa shape index (κ3) is 4.40. The van der Waals surface area contributed by atoms with E-state index in [1.807, 2.05) is 68.1 Å². The van der Waals surface area contributed by atoms with Gasteiger partial charge in [-0.2, -0.15) is 5.10 Å². The lowest BCUT2D eigenvalue weighted by atomic mass is 10.1. The number of anilines is 1. The average molecular weight is 419 g/mol. The Hall–Kier alpha value is -4.31. The van der Waals surface area contributed by atoms with Gasteiger partial charge in [-0.3, -0.25) is 0 Å². The van der Waals surface area contributed by atoms with Gasteiger partial charge in [-0.25, -0.2) is 14.6 Å². The van der Waals surface area contributed by atoms with Crippen molar-refractivity contribution in [2.45, 2.75) is 13.5 Å². The monoisotopic (exact) mass is 419 g/mol. The Morgan fingerprint density at radius 1 is 1.22 bits per heavy atom. The molecular weight excluding hydrogens is 397 g/mol. The van der Waals surface area contributed by atoms with E-state index in [4.69, 9.17) is 16.3 Å². The summed E-state index contributed by atoms with van der Waals surface area (Å²) in [6.07, 6.45) is 13.8. The molecule has 0 atom stereocenters. The number of terminal acetylenes is 1. The maximum Gasteiger partial charge on any atom is 0.213 e. The highest BCUT2D eigenvalue weighted by Crippen LogP contribution is 2.29. The van der Waals surface area contributed by atoms with Crippen LogP contribution in [0.3, 0.4) is 0 Å². The van der Waals surface area contributed by atoms with Crippen molar-refractivity contribution in [1.82, 2.24) is 19.7 Å². The predicted octanol–water partition coefficient (Wildman–Crippen LogP) is 3.97. The number of nitrogens with one attached hydrogen (secondary N) is 1. The Labute approximate surface area is 188 Å². The zero-order chi connectivity index (χ0) is 22.3. The lowest BCUT2D eigenvalue weighted by molar-refractivity contribution is 0.443. The molecule has 0 unspecified atom stereocenters. The molecule has 1 N–H and O–H groups in total. The van der Waals surface area contributed by atoms with Gasteiger partial charge in [0.15, 0.2) is 5.65 Å². The standard InChI is InChI=1S/C25H22BN5O/c1-3-5-9-20(4-2)32-21-13-11-18(12-14-21)24-22-15-27-17-28-25(22)31(30-24)16-19-8-6-7-10-23(19)29-26/h1,4-15,17,29H,16,26H2,2H3/b9-5-,20-4+. The molecule has 6 nitrogen and oxygen atoms in total. The van der Waals surface area contributed by atoms with E-state index in [1.54, 1.807) is 24.7 Å². The Bertz CT molecular complexity index is 1330. The third-order valence-corrected chi connectivity index (χ3v) is 5.01. The van der Waals surface area contributed by atoms with Crippen LogP contribution >= 0.6 is 0 Å². The number of aromatic nitrogens is 4. The second-order valence-electron chi connectivity index (χ2n) is 6.99. The van der Waals surface area contributed by atoms with Gasteiger partial charge in [-0.1, -0.05) is 24.1 Å². The normalized spacial score (nSPS) is 11.6. The number of para-hydroxylation sites is 1. The van der Waals surface area contributed by atoms with E-state index in [0.717, 1.165) is 33.5 Å². The zero-order valence-corrected chi connectivity index (χ0v) is 18.0. The number of nitrogens with zero attached hydrogens (tertiary/aromatic N) is 4. The van der Waals surface area contributed by atoms with E-state index in [-0.39, 0.29) is 0 Å². The van der Waals surface area contributed by atoms with Crippen molar-refractivity contribution >= 4 is 24.7 Å². The number of hydrogen-bond acceptors (Lipinski definition) is 5. The molecule has 0 spiro atoms. The molecule has 0 aliphatic rings. The van der Waals surface area contributed by atoms with Crippen molar-refractivity contribution in [3.05, 3.63) is 90.6 Å². The molecule has 2 aromatic carbocycles. The highest BCUT2D eigenvalue weighted by molar-refractivity contribution is 6.16. The van der Waals surface area contributed by atoms with Crippen molar-refractivity contribution in [3.63, 3.8) is 0 Å². The molecule has 0 saturated heterocycles. The molecule has 0 fully saturated rings. The highest BCUT2D eigenvalue weighted by atomic mass is 16.5. The van der Waals surface area contributed by atoms with Crippen molar-refractivity contribution in [1.29, 1.82) is 0 Å². The first-order chi connectivity index (χ1) is 15.7. The summed E-state index contributed by atoms with van der Waals surface area (Å²) in [4.78, 5) is 8.71. The average Bonchev–Trinajstić information content (AvgIpc) is 3.21. The fourth-order valence-corrected chi connectivity index (χ4v) is 3.44. The van der Waals surface area contributed by atoms with E-state index in [0.29, 0.717) is 18.1 Å². The number of hydrogen-bond donors (Lipinski definition) is 1.